The second-order valence-electron chi connectivity index (χ2n) is 5.64. The zero-order chi connectivity index (χ0) is 17.4. The lowest BCUT2D eigenvalue weighted by molar-refractivity contribution is 0.415. The van der Waals surface area contributed by atoms with Crippen molar-refractivity contribution in [2.75, 3.05) is 18.2 Å². The van der Waals surface area contributed by atoms with E-state index in [0.717, 1.165) is 43.9 Å². The number of nitrogen functional groups attached to an aromatic ring is 1. The summed E-state index contributed by atoms with van der Waals surface area (Å²) in [6, 6.07) is 13.7. The second-order valence-corrected chi connectivity index (χ2v) is 6.64. The molecule has 2 aromatic carbocycles. The molecule has 0 unspecified atom stereocenters. The number of anilines is 3. The SMILES string of the molecule is COc1ccc(Nc2nc(N)c(-c3nc4c(C)cccc4[nH]3)s2)cc1. The van der Waals surface area contributed by atoms with E-state index >= 15 is 0 Å². The molecule has 0 aliphatic rings. The molecule has 126 valence electrons. The van der Waals surface area contributed by atoms with Crippen molar-refractivity contribution >= 4 is 39.0 Å². The van der Waals surface area contributed by atoms with Crippen molar-refractivity contribution in [2.24, 2.45) is 0 Å². The van der Waals surface area contributed by atoms with Gasteiger partial charge in [0.2, 0.25) is 0 Å². The fraction of sp³-hybridized carbons (Fsp3) is 0.111. The zero-order valence-corrected chi connectivity index (χ0v) is 14.6. The van der Waals surface area contributed by atoms with Crippen LogP contribution in [0.1, 0.15) is 5.56 Å². The highest BCUT2D eigenvalue weighted by atomic mass is 32.1. The molecule has 25 heavy (non-hydrogen) atoms. The molecule has 4 N–H and O–H groups in total. The first-order valence-corrected chi connectivity index (χ1v) is 8.59. The predicted molar refractivity (Wildman–Crippen MR) is 103 cm³/mol. The highest BCUT2D eigenvalue weighted by Crippen LogP contribution is 2.36. The fourth-order valence-electron chi connectivity index (χ4n) is 2.64. The Kier molecular flexibility index (Phi) is 3.77. The lowest BCUT2D eigenvalue weighted by Gasteiger charge is -2.03. The molecule has 0 saturated carbocycles. The number of aryl methyl sites for hydroxylation is 1. The number of aromatic amines is 1. The molecule has 4 aromatic rings. The van der Waals surface area contributed by atoms with Gasteiger partial charge in [0, 0.05) is 5.69 Å². The van der Waals surface area contributed by atoms with Crippen molar-refractivity contribution < 1.29 is 4.74 Å². The van der Waals surface area contributed by atoms with Crippen LogP contribution in [0.4, 0.5) is 16.6 Å². The molecule has 0 atom stereocenters. The molecule has 7 heteroatoms. The Morgan fingerprint density at radius 1 is 1.12 bits per heavy atom. The van der Waals surface area contributed by atoms with Crippen LogP contribution < -0.4 is 15.8 Å². The number of para-hydroxylation sites is 1. The van der Waals surface area contributed by atoms with Crippen LogP contribution in [-0.2, 0) is 0 Å². The number of imidazole rings is 1. The van der Waals surface area contributed by atoms with Gasteiger partial charge in [-0.2, -0.15) is 0 Å². The molecule has 0 spiro atoms. The average Bonchev–Trinajstić information content (AvgIpc) is 3.20. The fourth-order valence-corrected chi connectivity index (χ4v) is 3.49. The van der Waals surface area contributed by atoms with Gasteiger partial charge < -0.3 is 20.8 Å². The number of benzene rings is 2. The van der Waals surface area contributed by atoms with Crippen molar-refractivity contribution in [3.8, 4) is 16.5 Å². The summed E-state index contributed by atoms with van der Waals surface area (Å²) in [4.78, 5) is 13.2. The average molecular weight is 351 g/mol. The molecule has 2 heterocycles. The molecular formula is C18H17N5OS. The maximum absolute atomic E-state index is 6.11. The number of fused-ring (bicyclic) bond motifs is 1. The van der Waals surface area contributed by atoms with E-state index in [2.05, 4.69) is 20.3 Å². The summed E-state index contributed by atoms with van der Waals surface area (Å²) in [5.41, 5.74) is 10.1. The molecule has 4 rings (SSSR count). The van der Waals surface area contributed by atoms with Crippen molar-refractivity contribution in [3.63, 3.8) is 0 Å². The number of rotatable bonds is 4. The Balaban J connectivity index is 1.65. The third-order valence-electron chi connectivity index (χ3n) is 3.92. The predicted octanol–water partition coefficient (Wildman–Crippen LogP) is 4.33. The minimum absolute atomic E-state index is 0.456. The Bertz CT molecular complexity index is 1040. The molecule has 0 aliphatic carbocycles. The van der Waals surface area contributed by atoms with Gasteiger partial charge in [-0.05, 0) is 42.8 Å². The Labute approximate surface area is 148 Å². The number of hydrogen-bond donors (Lipinski definition) is 3. The molecule has 6 nitrogen and oxygen atoms in total. The summed E-state index contributed by atoms with van der Waals surface area (Å²) in [7, 11) is 1.64. The van der Waals surface area contributed by atoms with E-state index in [0.29, 0.717) is 5.82 Å². The Hall–Kier alpha value is -3.06. The highest BCUT2D eigenvalue weighted by Gasteiger charge is 2.15. The van der Waals surface area contributed by atoms with E-state index in [1.54, 1.807) is 7.11 Å². The maximum atomic E-state index is 6.11. The molecule has 0 fully saturated rings. The maximum Gasteiger partial charge on any atom is 0.189 e. The number of methoxy groups -OCH3 is 1. The largest absolute Gasteiger partial charge is 0.497 e. The summed E-state index contributed by atoms with van der Waals surface area (Å²) in [5.74, 6) is 2.00. The van der Waals surface area contributed by atoms with Gasteiger partial charge in [0.05, 0.1) is 18.1 Å². The number of aromatic nitrogens is 3. The molecular weight excluding hydrogens is 334 g/mol. The van der Waals surface area contributed by atoms with E-state index in [-0.39, 0.29) is 0 Å². The molecule has 0 amide bonds. The molecule has 0 saturated heterocycles. The zero-order valence-electron chi connectivity index (χ0n) is 13.8. The summed E-state index contributed by atoms with van der Waals surface area (Å²) >= 11 is 1.47. The minimum atomic E-state index is 0.456. The molecule has 0 aliphatic heterocycles. The molecule has 0 bridgehead atoms. The van der Waals surface area contributed by atoms with E-state index in [1.807, 2.05) is 49.4 Å². The van der Waals surface area contributed by atoms with E-state index in [9.17, 15) is 0 Å². The standard InChI is InChI=1S/C18H17N5OS/c1-10-4-3-5-13-14(10)22-17(21-13)15-16(19)23-18(25-15)20-11-6-8-12(24-2)9-7-11/h3-9H,19H2,1-2H3,(H,20,23)(H,21,22). The summed E-state index contributed by atoms with van der Waals surface area (Å²) in [6.07, 6.45) is 0. The first kappa shape index (κ1) is 15.5. The third kappa shape index (κ3) is 2.89. The quantitative estimate of drug-likeness (QED) is 0.509. The number of nitrogens with one attached hydrogen (secondary N) is 2. The first-order valence-electron chi connectivity index (χ1n) is 7.77. The lowest BCUT2D eigenvalue weighted by Crippen LogP contribution is -1.91. The number of thiazole rings is 1. The number of hydrogen-bond acceptors (Lipinski definition) is 6. The minimum Gasteiger partial charge on any atom is -0.497 e. The third-order valence-corrected chi connectivity index (χ3v) is 4.92. The van der Waals surface area contributed by atoms with Crippen LogP contribution in [0.15, 0.2) is 42.5 Å². The van der Waals surface area contributed by atoms with Crippen molar-refractivity contribution in [2.45, 2.75) is 6.92 Å². The molecule has 0 radical (unpaired) electrons. The van der Waals surface area contributed by atoms with Crippen LogP contribution in [0.5, 0.6) is 5.75 Å². The van der Waals surface area contributed by atoms with Gasteiger partial charge in [-0.1, -0.05) is 23.5 Å². The summed E-state index contributed by atoms with van der Waals surface area (Å²) < 4.78 is 5.17. The summed E-state index contributed by atoms with van der Waals surface area (Å²) in [6.45, 7) is 2.04. The van der Waals surface area contributed by atoms with Crippen LogP contribution in [0.3, 0.4) is 0 Å². The van der Waals surface area contributed by atoms with Crippen molar-refractivity contribution in [1.29, 1.82) is 0 Å². The second kappa shape index (κ2) is 6.10. The number of ether oxygens (including phenoxy) is 1. The Morgan fingerprint density at radius 2 is 1.92 bits per heavy atom. The van der Waals surface area contributed by atoms with Crippen LogP contribution >= 0.6 is 11.3 Å². The topological polar surface area (TPSA) is 88.8 Å². The summed E-state index contributed by atoms with van der Waals surface area (Å²) in [5, 5.41) is 3.98. The van der Waals surface area contributed by atoms with Gasteiger partial charge in [0.25, 0.3) is 0 Å². The van der Waals surface area contributed by atoms with Crippen LogP contribution in [-0.4, -0.2) is 22.1 Å². The van der Waals surface area contributed by atoms with Gasteiger partial charge >= 0.3 is 0 Å². The van der Waals surface area contributed by atoms with Crippen LogP contribution in [0.25, 0.3) is 21.7 Å². The van der Waals surface area contributed by atoms with Crippen LogP contribution in [0, 0.1) is 6.92 Å². The number of H-pyrrole nitrogens is 1. The van der Waals surface area contributed by atoms with Gasteiger partial charge in [-0.15, -0.1) is 0 Å². The smallest absolute Gasteiger partial charge is 0.189 e. The number of nitrogens with zero attached hydrogens (tertiary/aromatic N) is 2. The van der Waals surface area contributed by atoms with Crippen molar-refractivity contribution in [1.82, 2.24) is 15.0 Å². The van der Waals surface area contributed by atoms with E-state index < -0.39 is 0 Å². The van der Waals surface area contributed by atoms with E-state index in [1.165, 1.54) is 11.3 Å². The van der Waals surface area contributed by atoms with Gasteiger partial charge in [0.1, 0.15) is 16.4 Å². The first-order chi connectivity index (χ1) is 12.1. The normalized spacial score (nSPS) is 11.0. The monoisotopic (exact) mass is 351 g/mol. The molecule has 2 aromatic heterocycles. The number of nitrogens with two attached hydrogens (primary N) is 1. The van der Waals surface area contributed by atoms with Gasteiger partial charge in [0.15, 0.2) is 11.0 Å². The van der Waals surface area contributed by atoms with Gasteiger partial charge in [-0.3, -0.25) is 0 Å². The highest BCUT2D eigenvalue weighted by molar-refractivity contribution is 7.19. The lowest BCUT2D eigenvalue weighted by atomic mass is 10.2. The Morgan fingerprint density at radius 3 is 2.64 bits per heavy atom. The van der Waals surface area contributed by atoms with Crippen LogP contribution in [0.2, 0.25) is 0 Å². The van der Waals surface area contributed by atoms with Gasteiger partial charge in [-0.25, -0.2) is 9.97 Å². The van der Waals surface area contributed by atoms with E-state index in [4.69, 9.17) is 10.5 Å². The van der Waals surface area contributed by atoms with Crippen molar-refractivity contribution in [3.05, 3.63) is 48.0 Å².